The number of pyridine rings is 1. The molecule has 2 heterocycles. The largest absolute Gasteiger partial charge is 0.383 e. The second kappa shape index (κ2) is 8.19. The molecule has 0 spiro atoms. The van der Waals surface area contributed by atoms with Gasteiger partial charge in [0.15, 0.2) is 0 Å². The molecule has 0 saturated heterocycles. The fourth-order valence-electron chi connectivity index (χ4n) is 2.94. The molecule has 2 aromatic heterocycles. The van der Waals surface area contributed by atoms with Crippen molar-refractivity contribution in [3.8, 4) is 21.7 Å². The molecule has 0 aliphatic carbocycles. The minimum absolute atomic E-state index is 0.499. The van der Waals surface area contributed by atoms with Gasteiger partial charge in [-0.15, -0.1) is 0 Å². The Labute approximate surface area is 181 Å². The Morgan fingerprint density at radius 2 is 1.68 bits per heavy atom. The number of aliphatic hydroxyl groups is 1. The number of benzene rings is 2. The lowest BCUT2D eigenvalue weighted by Gasteiger charge is -2.15. The van der Waals surface area contributed by atoms with E-state index < -0.39 is 6.10 Å². The summed E-state index contributed by atoms with van der Waals surface area (Å²) >= 11 is 19.8. The van der Waals surface area contributed by atoms with E-state index in [0.717, 1.165) is 16.0 Å². The van der Waals surface area contributed by atoms with Gasteiger partial charge in [-0.2, -0.15) is 4.37 Å². The fraction of sp³-hybridized carbons (Fsp3) is 0.0476. The Bertz CT molecular complexity index is 1110. The lowest BCUT2D eigenvalue weighted by molar-refractivity contribution is 0.221. The summed E-state index contributed by atoms with van der Waals surface area (Å²) in [7, 11) is 0. The monoisotopic (exact) mass is 446 g/mol. The van der Waals surface area contributed by atoms with Crippen molar-refractivity contribution in [1.82, 2.24) is 9.36 Å². The first-order valence-electron chi connectivity index (χ1n) is 8.33. The third-order valence-electron chi connectivity index (χ3n) is 4.29. The maximum absolute atomic E-state index is 11.2. The zero-order valence-electron chi connectivity index (χ0n) is 14.3. The first-order valence-corrected chi connectivity index (χ1v) is 10.2. The maximum Gasteiger partial charge on any atom is 0.109 e. The molecule has 4 aromatic rings. The molecule has 0 amide bonds. The van der Waals surface area contributed by atoms with Gasteiger partial charge in [-0.05, 0) is 41.9 Å². The number of nitrogens with zero attached hydrogens (tertiary/aromatic N) is 2. The zero-order chi connectivity index (χ0) is 19.7. The van der Waals surface area contributed by atoms with Crippen molar-refractivity contribution in [1.29, 1.82) is 0 Å². The van der Waals surface area contributed by atoms with Crippen LogP contribution in [0.5, 0.6) is 0 Å². The molecule has 1 atom stereocenters. The van der Waals surface area contributed by atoms with E-state index in [1.54, 1.807) is 42.7 Å². The minimum Gasteiger partial charge on any atom is -0.383 e. The summed E-state index contributed by atoms with van der Waals surface area (Å²) in [5.41, 5.74) is 3.64. The van der Waals surface area contributed by atoms with E-state index in [1.807, 2.05) is 24.3 Å². The average molecular weight is 448 g/mol. The van der Waals surface area contributed by atoms with E-state index in [1.165, 1.54) is 11.5 Å². The van der Waals surface area contributed by atoms with Crippen molar-refractivity contribution in [2.45, 2.75) is 6.10 Å². The van der Waals surface area contributed by atoms with E-state index in [9.17, 15) is 5.11 Å². The zero-order valence-corrected chi connectivity index (χ0v) is 17.4. The molecule has 0 aliphatic heterocycles. The average Bonchev–Trinajstić information content (AvgIpc) is 3.13. The van der Waals surface area contributed by atoms with Crippen LogP contribution in [0.1, 0.15) is 17.2 Å². The Balaban J connectivity index is 1.93. The summed E-state index contributed by atoms with van der Waals surface area (Å²) in [6, 6.07) is 16.3. The van der Waals surface area contributed by atoms with Gasteiger partial charge in [-0.3, -0.25) is 4.98 Å². The summed E-state index contributed by atoms with van der Waals surface area (Å²) in [5, 5.41) is 12.9. The Hall–Kier alpha value is -1.95. The van der Waals surface area contributed by atoms with E-state index in [4.69, 9.17) is 34.8 Å². The third kappa shape index (κ3) is 3.79. The molecule has 7 heteroatoms. The molecule has 2 aromatic carbocycles. The summed E-state index contributed by atoms with van der Waals surface area (Å²) in [4.78, 5) is 4.90. The molecular formula is C21H13Cl3N2OS. The number of rotatable bonds is 4. The lowest BCUT2D eigenvalue weighted by atomic mass is 9.95. The highest BCUT2D eigenvalue weighted by atomic mass is 35.5. The van der Waals surface area contributed by atoms with Crippen LogP contribution in [0.4, 0.5) is 0 Å². The predicted molar refractivity (Wildman–Crippen MR) is 116 cm³/mol. The molecule has 4 rings (SSSR count). The van der Waals surface area contributed by atoms with Crippen LogP contribution < -0.4 is 0 Å². The second-order valence-corrected chi connectivity index (χ2v) is 8.15. The SMILES string of the molecule is OC(c1cccnc1)c1c(-c2ccc(Cl)cc2)nsc1-c1ccc(Cl)cc1Cl. The Kier molecular flexibility index (Phi) is 5.67. The molecule has 28 heavy (non-hydrogen) atoms. The van der Waals surface area contributed by atoms with E-state index in [0.29, 0.717) is 31.9 Å². The van der Waals surface area contributed by atoms with Gasteiger partial charge in [0, 0.05) is 44.7 Å². The van der Waals surface area contributed by atoms with E-state index in [2.05, 4.69) is 9.36 Å². The van der Waals surface area contributed by atoms with Gasteiger partial charge in [0.25, 0.3) is 0 Å². The van der Waals surface area contributed by atoms with Crippen LogP contribution in [0.2, 0.25) is 15.1 Å². The molecule has 0 fully saturated rings. The molecule has 0 radical (unpaired) electrons. The summed E-state index contributed by atoms with van der Waals surface area (Å²) in [6.45, 7) is 0. The van der Waals surface area contributed by atoms with Gasteiger partial charge in [0.1, 0.15) is 6.10 Å². The smallest absolute Gasteiger partial charge is 0.109 e. The van der Waals surface area contributed by atoms with Crippen LogP contribution in [0.15, 0.2) is 67.0 Å². The first-order chi connectivity index (χ1) is 13.5. The molecule has 140 valence electrons. The van der Waals surface area contributed by atoms with Crippen LogP contribution in [0.3, 0.4) is 0 Å². The van der Waals surface area contributed by atoms with Crippen LogP contribution in [-0.4, -0.2) is 14.5 Å². The van der Waals surface area contributed by atoms with Gasteiger partial charge in [0.2, 0.25) is 0 Å². The van der Waals surface area contributed by atoms with Crippen LogP contribution in [0, 0.1) is 0 Å². The Morgan fingerprint density at radius 3 is 2.36 bits per heavy atom. The number of aliphatic hydroxyl groups excluding tert-OH is 1. The summed E-state index contributed by atoms with van der Waals surface area (Å²) in [5.74, 6) is 0. The maximum atomic E-state index is 11.2. The molecule has 0 saturated carbocycles. The standard InChI is InChI=1S/C21H13Cl3N2OS/c22-14-5-3-12(4-6-14)19-18(20(27)13-2-1-9-25-11-13)21(28-26-19)16-8-7-15(23)10-17(16)24/h1-11,20,27H. The van der Waals surface area contributed by atoms with Gasteiger partial charge in [-0.25, -0.2) is 0 Å². The van der Waals surface area contributed by atoms with Crippen molar-refractivity contribution < 1.29 is 5.11 Å². The van der Waals surface area contributed by atoms with Crippen molar-refractivity contribution in [3.63, 3.8) is 0 Å². The number of hydrogen-bond acceptors (Lipinski definition) is 4. The van der Waals surface area contributed by atoms with Gasteiger partial charge >= 0.3 is 0 Å². The summed E-state index contributed by atoms with van der Waals surface area (Å²) < 4.78 is 4.63. The van der Waals surface area contributed by atoms with E-state index >= 15 is 0 Å². The highest BCUT2D eigenvalue weighted by molar-refractivity contribution is 7.10. The lowest BCUT2D eigenvalue weighted by Crippen LogP contribution is -2.02. The van der Waals surface area contributed by atoms with Crippen LogP contribution in [-0.2, 0) is 0 Å². The molecule has 0 bridgehead atoms. The van der Waals surface area contributed by atoms with Crippen molar-refractivity contribution in [2.24, 2.45) is 0 Å². The molecular weight excluding hydrogens is 435 g/mol. The van der Waals surface area contributed by atoms with Gasteiger partial charge < -0.3 is 5.11 Å². The summed E-state index contributed by atoms with van der Waals surface area (Å²) in [6.07, 6.45) is 2.39. The number of aromatic nitrogens is 2. The number of hydrogen-bond donors (Lipinski definition) is 1. The van der Waals surface area contributed by atoms with E-state index in [-0.39, 0.29) is 0 Å². The van der Waals surface area contributed by atoms with Crippen molar-refractivity contribution >= 4 is 46.3 Å². The third-order valence-corrected chi connectivity index (χ3v) is 5.99. The van der Waals surface area contributed by atoms with Crippen LogP contribution in [0.25, 0.3) is 21.7 Å². The second-order valence-electron chi connectivity index (χ2n) is 6.09. The number of halogens is 3. The van der Waals surface area contributed by atoms with Gasteiger partial charge in [-0.1, -0.05) is 59.1 Å². The fourth-order valence-corrected chi connectivity index (χ4v) is 4.59. The molecule has 3 nitrogen and oxygen atoms in total. The normalized spacial score (nSPS) is 12.1. The molecule has 0 aliphatic rings. The predicted octanol–water partition coefficient (Wildman–Crippen LogP) is 6.91. The highest BCUT2D eigenvalue weighted by Crippen LogP contribution is 2.44. The first kappa shape index (κ1) is 19.4. The minimum atomic E-state index is -0.917. The Morgan fingerprint density at radius 1 is 0.929 bits per heavy atom. The van der Waals surface area contributed by atoms with Gasteiger partial charge in [0.05, 0.1) is 15.6 Å². The quantitative estimate of drug-likeness (QED) is 0.369. The molecule has 1 N–H and O–H groups in total. The van der Waals surface area contributed by atoms with Crippen LogP contribution >= 0.6 is 46.3 Å². The topological polar surface area (TPSA) is 46.0 Å². The van der Waals surface area contributed by atoms with Crippen molar-refractivity contribution in [2.75, 3.05) is 0 Å². The highest BCUT2D eigenvalue weighted by Gasteiger charge is 2.25. The van der Waals surface area contributed by atoms with Crippen molar-refractivity contribution in [3.05, 3.63) is 93.2 Å². The molecule has 1 unspecified atom stereocenters.